The van der Waals surface area contributed by atoms with Gasteiger partial charge in [0.05, 0.1) is 0 Å². The van der Waals surface area contributed by atoms with Crippen molar-refractivity contribution in [1.82, 2.24) is 0 Å². The van der Waals surface area contributed by atoms with E-state index in [0.717, 1.165) is 0 Å². The highest BCUT2D eigenvalue weighted by atomic mass is 13.5. The van der Waals surface area contributed by atoms with Gasteiger partial charge in [-0.2, -0.15) is 0 Å². The Morgan fingerprint density at radius 2 is 2.00 bits per heavy atom. The molecule has 0 aromatic carbocycles. The summed E-state index contributed by atoms with van der Waals surface area (Å²) in [6, 6.07) is 0. The molecule has 0 heteroatoms. The first-order chi connectivity index (χ1) is 1.91. The summed E-state index contributed by atoms with van der Waals surface area (Å²) in [4.78, 5) is 0. The first kappa shape index (κ1) is 8.82. The molecule has 0 aliphatic carbocycles. The Kier molecular flexibility index (Phi) is 16.9. The minimum atomic E-state index is 0. The Labute approximate surface area is 34.2 Å². The van der Waals surface area contributed by atoms with Gasteiger partial charge < -0.3 is 0 Å². The maximum atomic E-state index is 6.22. The lowest BCUT2D eigenvalue weighted by Gasteiger charge is -1.51. The third-order valence-electron chi connectivity index (χ3n) is 0.102. The highest BCUT2D eigenvalue weighted by Crippen LogP contribution is 1.56. The molecule has 0 heterocycles. The molecule has 0 aliphatic rings. The molecule has 0 rings (SSSR count). The van der Waals surface area contributed by atoms with Gasteiger partial charge in [-0.25, -0.2) is 0 Å². The van der Waals surface area contributed by atoms with Crippen LogP contribution >= 0.6 is 0 Å². The molecule has 0 atom stereocenters. The van der Waals surface area contributed by atoms with Crippen LogP contribution in [-0.2, 0) is 0 Å². The Hall–Kier alpha value is -0.440. The molecule has 0 unspecified atom stereocenters. The van der Waals surface area contributed by atoms with Crippen molar-refractivity contribution in [1.29, 1.82) is 0 Å². The van der Waals surface area contributed by atoms with Crippen LogP contribution in [0.1, 0.15) is 6.42 Å². The predicted octanol–water partition coefficient (Wildman–Crippen LogP) is 0.679. The lowest BCUT2D eigenvalue weighted by Crippen LogP contribution is -1.40. The highest BCUT2D eigenvalue weighted by molar-refractivity contribution is 4.83. The molecule has 0 saturated carbocycles. The molecule has 0 nitrogen and oxygen atoms in total. The van der Waals surface area contributed by atoms with Crippen LogP contribution in [0.2, 0.25) is 0 Å². The second kappa shape index (κ2) is 9.59. The normalized spacial score (nSPS) is 4.00. The smallest absolute Gasteiger partial charge is 0.0161 e. The zero-order valence-electron chi connectivity index (χ0n) is 2.78. The molecule has 23 valence electrons. The molecule has 0 N–H and O–H groups in total. The van der Waals surface area contributed by atoms with Crippen LogP contribution in [0.3, 0.4) is 0 Å². The largest absolute Gasteiger partial charge is 0.120 e. The quantitative estimate of drug-likeness (QED) is 0.363. The standard InChI is InChI=1S/C4H3.C/c1-3-4-2;/h1H,4H2;. The monoisotopic (exact) mass is 63.0 g/mol. The van der Waals surface area contributed by atoms with E-state index in [4.69, 9.17) is 6.92 Å². The number of hydrogen-bond donors (Lipinski definition) is 0. The van der Waals surface area contributed by atoms with Crippen molar-refractivity contribution >= 4 is 0 Å². The van der Waals surface area contributed by atoms with Crippen LogP contribution in [0, 0.1) is 26.7 Å². The fourth-order valence-electron chi connectivity index (χ4n) is 0. The molecular formula is C5H3. The molecule has 0 aromatic heterocycles. The van der Waals surface area contributed by atoms with Crippen LogP contribution in [-0.4, -0.2) is 0 Å². The molecule has 0 fully saturated rings. The SMILES string of the molecule is [C].[C]CC#C. The Bertz CT molecular complexity index is 29.8. The van der Waals surface area contributed by atoms with Gasteiger partial charge in [0, 0.05) is 20.8 Å². The first-order valence-corrected chi connectivity index (χ1v) is 0.996. The van der Waals surface area contributed by atoms with Crippen molar-refractivity contribution in [3.8, 4) is 12.3 Å². The van der Waals surface area contributed by atoms with Gasteiger partial charge in [-0.05, 0) is 0 Å². The van der Waals surface area contributed by atoms with Crippen molar-refractivity contribution < 1.29 is 0 Å². The van der Waals surface area contributed by atoms with Gasteiger partial charge in [-0.1, -0.05) is 0 Å². The van der Waals surface area contributed by atoms with Crippen molar-refractivity contribution in [3.05, 3.63) is 14.4 Å². The van der Waals surface area contributed by atoms with Crippen molar-refractivity contribution in [3.63, 3.8) is 0 Å². The molecule has 5 heavy (non-hydrogen) atoms. The summed E-state index contributed by atoms with van der Waals surface area (Å²) in [5, 5.41) is 0. The van der Waals surface area contributed by atoms with Crippen LogP contribution < -0.4 is 0 Å². The van der Waals surface area contributed by atoms with E-state index in [2.05, 4.69) is 12.3 Å². The minimum Gasteiger partial charge on any atom is -0.120 e. The molecule has 0 aliphatic heterocycles. The summed E-state index contributed by atoms with van der Waals surface area (Å²) in [7, 11) is 0. The minimum absolute atomic E-state index is 0. The average molecular weight is 63.1 g/mol. The molecule has 0 bridgehead atoms. The van der Waals surface area contributed by atoms with Gasteiger partial charge >= 0.3 is 0 Å². The lowest BCUT2D eigenvalue weighted by molar-refractivity contribution is 1.49. The van der Waals surface area contributed by atoms with Gasteiger partial charge in [0.1, 0.15) is 0 Å². The molecular weight excluding hydrogens is 60.1 g/mol. The van der Waals surface area contributed by atoms with Gasteiger partial charge in [0.15, 0.2) is 0 Å². The van der Waals surface area contributed by atoms with E-state index >= 15 is 0 Å². The van der Waals surface area contributed by atoms with Gasteiger partial charge in [0.2, 0.25) is 0 Å². The van der Waals surface area contributed by atoms with E-state index in [1.165, 1.54) is 0 Å². The van der Waals surface area contributed by atoms with Crippen molar-refractivity contribution in [2.45, 2.75) is 6.42 Å². The van der Waals surface area contributed by atoms with Crippen LogP contribution in [0.5, 0.6) is 0 Å². The van der Waals surface area contributed by atoms with Crippen molar-refractivity contribution in [2.24, 2.45) is 0 Å². The van der Waals surface area contributed by atoms with E-state index in [0.29, 0.717) is 0 Å². The van der Waals surface area contributed by atoms with Gasteiger partial charge in [-0.3, -0.25) is 0 Å². The summed E-state index contributed by atoms with van der Waals surface area (Å²) in [5.41, 5.74) is 0. The van der Waals surface area contributed by atoms with Crippen molar-refractivity contribution in [2.75, 3.05) is 0 Å². The summed E-state index contributed by atoms with van der Waals surface area (Å²) in [6.07, 6.45) is 4.69. The van der Waals surface area contributed by atoms with E-state index in [-0.39, 0.29) is 13.8 Å². The van der Waals surface area contributed by atoms with E-state index < -0.39 is 0 Å². The number of rotatable bonds is 0. The summed E-state index contributed by atoms with van der Waals surface area (Å²) < 4.78 is 0. The highest BCUT2D eigenvalue weighted by Gasteiger charge is 1.45. The molecule has 0 saturated heterocycles. The number of terminal acetylenes is 1. The average Bonchev–Trinajstić information content (AvgIpc) is 1.37. The third-order valence-corrected chi connectivity index (χ3v) is 0.102. The topological polar surface area (TPSA) is 0 Å². The van der Waals surface area contributed by atoms with Crippen LogP contribution in [0.4, 0.5) is 0 Å². The maximum absolute atomic E-state index is 6.22. The number of hydrogen-bond acceptors (Lipinski definition) is 0. The molecule has 0 amide bonds. The molecule has 0 aromatic rings. The Balaban J connectivity index is 0. The zero-order chi connectivity index (χ0) is 3.41. The summed E-state index contributed by atoms with van der Waals surface area (Å²) in [5.74, 6) is 2.10. The third kappa shape index (κ3) is 27.6. The molecule has 0 spiro atoms. The van der Waals surface area contributed by atoms with Gasteiger partial charge in [-0.15, -0.1) is 12.3 Å². The second-order valence-electron chi connectivity index (χ2n) is 0.381. The maximum Gasteiger partial charge on any atom is 0.0161 e. The lowest BCUT2D eigenvalue weighted by atomic mass is 10.5. The summed E-state index contributed by atoms with van der Waals surface area (Å²) in [6.45, 7) is 6.22. The zero-order valence-corrected chi connectivity index (χ0v) is 2.78. The van der Waals surface area contributed by atoms with E-state index in [9.17, 15) is 0 Å². The van der Waals surface area contributed by atoms with Crippen LogP contribution in [0.25, 0.3) is 0 Å². The predicted molar refractivity (Wildman–Crippen MR) is 19.9 cm³/mol. The fraction of sp³-hybridized carbons (Fsp3) is 0.200. The van der Waals surface area contributed by atoms with Gasteiger partial charge in [0.25, 0.3) is 0 Å². The summed E-state index contributed by atoms with van der Waals surface area (Å²) >= 11 is 0. The van der Waals surface area contributed by atoms with Crippen LogP contribution in [0.15, 0.2) is 0 Å². The first-order valence-electron chi connectivity index (χ1n) is 0.996. The Morgan fingerprint density at radius 1 is 1.80 bits per heavy atom. The van der Waals surface area contributed by atoms with E-state index in [1.807, 2.05) is 0 Å². The fourth-order valence-corrected chi connectivity index (χ4v) is 0. The molecule has 7 radical (unpaired) electrons. The second-order valence-corrected chi connectivity index (χ2v) is 0.381. The van der Waals surface area contributed by atoms with E-state index in [1.54, 1.807) is 0 Å². The Morgan fingerprint density at radius 3 is 2.00 bits per heavy atom.